The summed E-state index contributed by atoms with van der Waals surface area (Å²) < 4.78 is 2.31. The minimum Gasteiger partial charge on any atom is -0.507 e. The summed E-state index contributed by atoms with van der Waals surface area (Å²) in [7, 11) is 0. The number of benzene rings is 1. The Kier molecular flexibility index (Phi) is 3.52. The zero-order valence-corrected chi connectivity index (χ0v) is 10.6. The molecule has 18 heavy (non-hydrogen) atoms. The number of hydrogen-bond acceptors (Lipinski definition) is 5. The standard InChI is InChI=1S/C11H12N4O2S/c1-2-5-15-10(12-13-11(15)18)8-4-3-7(14-17)6-9(8)16/h3-4,6,16H,2,5H2,1H3,(H,13,18). The van der Waals surface area contributed by atoms with Gasteiger partial charge >= 0.3 is 0 Å². The van der Waals surface area contributed by atoms with Crippen LogP contribution in [0.25, 0.3) is 11.4 Å². The maximum Gasteiger partial charge on any atom is 0.195 e. The number of aromatic amines is 1. The van der Waals surface area contributed by atoms with Crippen LogP contribution in [0.4, 0.5) is 5.69 Å². The average Bonchev–Trinajstić information content (AvgIpc) is 2.72. The van der Waals surface area contributed by atoms with E-state index in [9.17, 15) is 10.0 Å². The summed E-state index contributed by atoms with van der Waals surface area (Å²) in [4.78, 5) is 10.4. The van der Waals surface area contributed by atoms with Crippen LogP contribution >= 0.6 is 12.2 Å². The molecule has 7 heteroatoms. The van der Waals surface area contributed by atoms with Crippen LogP contribution in [-0.2, 0) is 6.54 Å². The van der Waals surface area contributed by atoms with Gasteiger partial charge in [-0.05, 0) is 35.9 Å². The first-order valence-corrected chi connectivity index (χ1v) is 5.90. The lowest BCUT2D eigenvalue weighted by molar-refractivity contribution is 0.476. The van der Waals surface area contributed by atoms with Crippen molar-refractivity contribution < 1.29 is 5.11 Å². The van der Waals surface area contributed by atoms with E-state index in [2.05, 4.69) is 15.4 Å². The number of rotatable bonds is 4. The molecule has 0 aliphatic rings. The fraction of sp³-hybridized carbons (Fsp3) is 0.273. The fourth-order valence-corrected chi connectivity index (χ4v) is 1.94. The van der Waals surface area contributed by atoms with Crippen molar-refractivity contribution in [1.29, 1.82) is 0 Å². The van der Waals surface area contributed by atoms with Gasteiger partial charge in [0, 0.05) is 12.6 Å². The Morgan fingerprint density at radius 2 is 2.33 bits per heavy atom. The number of H-pyrrole nitrogens is 1. The van der Waals surface area contributed by atoms with Gasteiger partial charge in [-0.25, -0.2) is 0 Å². The topological polar surface area (TPSA) is 83.3 Å². The van der Waals surface area contributed by atoms with Crippen LogP contribution in [0.2, 0.25) is 0 Å². The molecule has 0 spiro atoms. The third kappa shape index (κ3) is 2.17. The first-order valence-electron chi connectivity index (χ1n) is 5.49. The zero-order valence-electron chi connectivity index (χ0n) is 9.75. The molecule has 6 nitrogen and oxygen atoms in total. The number of nitroso groups, excluding NO2 is 1. The summed E-state index contributed by atoms with van der Waals surface area (Å²) in [6.45, 7) is 2.73. The number of aromatic hydroxyl groups is 1. The third-order valence-electron chi connectivity index (χ3n) is 2.53. The van der Waals surface area contributed by atoms with Crippen LogP contribution < -0.4 is 0 Å². The highest BCUT2D eigenvalue weighted by Gasteiger charge is 2.13. The molecule has 0 unspecified atom stereocenters. The molecule has 0 fully saturated rings. The van der Waals surface area contributed by atoms with Crippen LogP contribution in [0.3, 0.4) is 0 Å². The second-order valence-electron chi connectivity index (χ2n) is 3.80. The highest BCUT2D eigenvalue weighted by molar-refractivity contribution is 7.71. The molecule has 0 aliphatic heterocycles. The molecule has 0 aliphatic carbocycles. The quantitative estimate of drug-likeness (QED) is 0.656. The molecule has 0 radical (unpaired) electrons. The van der Waals surface area contributed by atoms with E-state index in [1.807, 2.05) is 6.92 Å². The minimum atomic E-state index is -0.0431. The molecule has 0 bridgehead atoms. The highest BCUT2D eigenvalue weighted by atomic mass is 32.1. The Morgan fingerprint density at radius 3 is 2.94 bits per heavy atom. The summed E-state index contributed by atoms with van der Waals surface area (Å²) in [5, 5.41) is 19.4. The predicted molar refractivity (Wildman–Crippen MR) is 70.3 cm³/mol. The van der Waals surface area contributed by atoms with E-state index in [-0.39, 0.29) is 11.4 Å². The van der Waals surface area contributed by atoms with Gasteiger partial charge in [0.15, 0.2) is 10.6 Å². The Labute approximate surface area is 108 Å². The second kappa shape index (κ2) is 5.09. The van der Waals surface area contributed by atoms with E-state index in [1.54, 1.807) is 10.6 Å². The molecule has 94 valence electrons. The molecule has 0 amide bonds. The van der Waals surface area contributed by atoms with E-state index in [1.165, 1.54) is 12.1 Å². The van der Waals surface area contributed by atoms with Gasteiger partial charge in [0.25, 0.3) is 0 Å². The number of phenolic OH excluding ortho intramolecular Hbond substituents is 1. The van der Waals surface area contributed by atoms with Crippen molar-refractivity contribution in [2.45, 2.75) is 19.9 Å². The lowest BCUT2D eigenvalue weighted by Crippen LogP contribution is -2.00. The van der Waals surface area contributed by atoms with E-state index in [0.717, 1.165) is 6.42 Å². The molecule has 2 aromatic rings. The first-order chi connectivity index (χ1) is 8.67. The molecule has 2 rings (SSSR count). The average molecular weight is 264 g/mol. The van der Waals surface area contributed by atoms with Gasteiger partial charge in [0.2, 0.25) is 0 Å². The van der Waals surface area contributed by atoms with Gasteiger partial charge in [-0.15, -0.1) is 4.91 Å². The molecular formula is C11H12N4O2S. The summed E-state index contributed by atoms with van der Waals surface area (Å²) >= 11 is 5.12. The van der Waals surface area contributed by atoms with Crippen molar-refractivity contribution in [1.82, 2.24) is 14.8 Å². The van der Waals surface area contributed by atoms with Crippen LogP contribution in [0.5, 0.6) is 5.75 Å². The van der Waals surface area contributed by atoms with E-state index >= 15 is 0 Å². The number of nitrogens with one attached hydrogen (secondary N) is 1. The summed E-state index contributed by atoms with van der Waals surface area (Å²) in [5.74, 6) is 0.509. The van der Waals surface area contributed by atoms with Crippen molar-refractivity contribution >= 4 is 17.9 Å². The first kappa shape index (κ1) is 12.4. The number of phenols is 1. The molecule has 0 atom stereocenters. The summed E-state index contributed by atoms with van der Waals surface area (Å²) in [6, 6.07) is 4.43. The maximum atomic E-state index is 10.4. The summed E-state index contributed by atoms with van der Waals surface area (Å²) in [6.07, 6.45) is 0.898. The van der Waals surface area contributed by atoms with Gasteiger partial charge in [-0.3, -0.25) is 5.10 Å². The number of aromatic nitrogens is 3. The van der Waals surface area contributed by atoms with E-state index in [0.29, 0.717) is 22.7 Å². The van der Waals surface area contributed by atoms with Crippen LogP contribution in [0.15, 0.2) is 23.4 Å². The van der Waals surface area contributed by atoms with Gasteiger partial charge in [-0.1, -0.05) is 6.92 Å². The van der Waals surface area contributed by atoms with Crippen LogP contribution in [-0.4, -0.2) is 19.9 Å². The lowest BCUT2D eigenvalue weighted by Gasteiger charge is -2.06. The highest BCUT2D eigenvalue weighted by Crippen LogP contribution is 2.31. The molecule has 2 N–H and O–H groups in total. The smallest absolute Gasteiger partial charge is 0.195 e. The summed E-state index contributed by atoms with van der Waals surface area (Å²) in [5.41, 5.74) is 0.690. The third-order valence-corrected chi connectivity index (χ3v) is 2.84. The van der Waals surface area contributed by atoms with Crippen LogP contribution in [0.1, 0.15) is 13.3 Å². The van der Waals surface area contributed by atoms with Crippen molar-refractivity contribution in [3.63, 3.8) is 0 Å². The van der Waals surface area contributed by atoms with Gasteiger partial charge in [0.05, 0.1) is 5.56 Å². The van der Waals surface area contributed by atoms with E-state index < -0.39 is 0 Å². The minimum absolute atomic E-state index is 0.0431. The largest absolute Gasteiger partial charge is 0.507 e. The van der Waals surface area contributed by atoms with Gasteiger partial charge in [-0.2, -0.15) is 5.10 Å². The normalized spacial score (nSPS) is 10.5. The van der Waals surface area contributed by atoms with Gasteiger partial charge < -0.3 is 9.67 Å². The van der Waals surface area contributed by atoms with Crippen molar-refractivity contribution in [3.8, 4) is 17.1 Å². The maximum absolute atomic E-state index is 10.4. The van der Waals surface area contributed by atoms with Crippen molar-refractivity contribution in [2.75, 3.05) is 0 Å². The number of nitrogens with zero attached hydrogens (tertiary/aromatic N) is 3. The molecular weight excluding hydrogens is 252 g/mol. The second-order valence-corrected chi connectivity index (χ2v) is 4.18. The Morgan fingerprint density at radius 1 is 1.56 bits per heavy atom. The Hall–Kier alpha value is -2.02. The predicted octanol–water partition coefficient (Wildman–Crippen LogP) is 3.12. The lowest BCUT2D eigenvalue weighted by atomic mass is 10.1. The van der Waals surface area contributed by atoms with Crippen LogP contribution in [0, 0.1) is 9.68 Å². The SMILES string of the molecule is CCCn1c(-c2ccc(N=O)cc2O)n[nH]c1=S. The van der Waals surface area contributed by atoms with Crippen molar-refractivity contribution in [2.24, 2.45) is 5.18 Å². The van der Waals surface area contributed by atoms with E-state index in [4.69, 9.17) is 12.2 Å². The Balaban J connectivity index is 2.55. The zero-order chi connectivity index (χ0) is 13.1. The van der Waals surface area contributed by atoms with Gasteiger partial charge in [0.1, 0.15) is 11.4 Å². The Bertz CT molecular complexity index is 632. The number of hydrogen-bond donors (Lipinski definition) is 2. The molecule has 1 aromatic carbocycles. The molecule has 1 aromatic heterocycles. The monoisotopic (exact) mass is 264 g/mol. The van der Waals surface area contributed by atoms with Crippen molar-refractivity contribution in [3.05, 3.63) is 27.9 Å². The molecule has 1 heterocycles. The molecule has 0 saturated heterocycles. The fourth-order valence-electron chi connectivity index (χ4n) is 1.72. The molecule has 0 saturated carbocycles.